The van der Waals surface area contributed by atoms with Gasteiger partial charge < -0.3 is 10.1 Å². The molecule has 1 N–H and O–H groups in total. The number of aromatic nitrogens is 4. The molecule has 0 spiro atoms. The first-order valence-corrected chi connectivity index (χ1v) is 10.4. The number of hydrogen-bond acceptors (Lipinski definition) is 5. The van der Waals surface area contributed by atoms with E-state index in [1.807, 2.05) is 34.8 Å². The molecule has 1 fully saturated rings. The Morgan fingerprint density at radius 3 is 2.69 bits per heavy atom. The number of imidazole rings is 1. The zero-order valence-corrected chi connectivity index (χ0v) is 16.6. The van der Waals surface area contributed by atoms with Gasteiger partial charge in [0.15, 0.2) is 5.82 Å². The third kappa shape index (κ3) is 3.39. The minimum Gasteiger partial charge on any atom is -0.462 e. The van der Waals surface area contributed by atoms with E-state index in [0.29, 0.717) is 5.92 Å². The fourth-order valence-electron chi connectivity index (χ4n) is 3.95. The Hall–Kier alpha value is -3.15. The standard InChI is InChI=1S/C23H25N5O/c1-2-24-22-21-20(27-23(17-7-6-8-17)28(21)26-15-25-22)16-11-13-19(14-12-16)29-18-9-4-3-5-10-18/h3-5,9-11,13,15,17H,2,6-8,12,14H2,1H3,(H,24,25,26). The Balaban J connectivity index is 1.52. The molecule has 2 aliphatic carbocycles. The summed E-state index contributed by atoms with van der Waals surface area (Å²) in [6, 6.07) is 9.93. The Bertz CT molecular complexity index is 1080. The monoisotopic (exact) mass is 387 g/mol. The average molecular weight is 387 g/mol. The zero-order chi connectivity index (χ0) is 19.6. The van der Waals surface area contributed by atoms with Gasteiger partial charge in [-0.05, 0) is 50.0 Å². The number of rotatable bonds is 6. The number of fused-ring (bicyclic) bond motifs is 1. The summed E-state index contributed by atoms with van der Waals surface area (Å²) in [7, 11) is 0. The number of ether oxygens (including phenoxy) is 1. The minimum atomic E-state index is 0.498. The summed E-state index contributed by atoms with van der Waals surface area (Å²) in [6.07, 6.45) is 11.2. The highest BCUT2D eigenvalue weighted by atomic mass is 16.5. The van der Waals surface area contributed by atoms with Crippen LogP contribution in [0, 0.1) is 0 Å². The predicted molar refractivity (Wildman–Crippen MR) is 114 cm³/mol. The average Bonchev–Trinajstić information content (AvgIpc) is 3.09. The van der Waals surface area contributed by atoms with Crippen molar-refractivity contribution in [1.82, 2.24) is 19.6 Å². The molecule has 0 radical (unpaired) electrons. The summed E-state index contributed by atoms with van der Waals surface area (Å²) in [5, 5.41) is 7.93. The van der Waals surface area contributed by atoms with Gasteiger partial charge in [0.1, 0.15) is 29.2 Å². The van der Waals surface area contributed by atoms with Gasteiger partial charge in [0, 0.05) is 18.9 Å². The molecule has 5 rings (SSSR count). The Labute approximate surface area is 170 Å². The maximum Gasteiger partial charge on any atom is 0.156 e. The summed E-state index contributed by atoms with van der Waals surface area (Å²) in [4.78, 5) is 9.56. The van der Waals surface area contributed by atoms with Crippen molar-refractivity contribution in [2.45, 2.75) is 44.9 Å². The highest BCUT2D eigenvalue weighted by Crippen LogP contribution is 2.39. The Morgan fingerprint density at radius 2 is 2.00 bits per heavy atom. The number of nitrogens with one attached hydrogen (secondary N) is 1. The van der Waals surface area contributed by atoms with E-state index in [1.54, 1.807) is 6.33 Å². The Morgan fingerprint density at radius 1 is 1.14 bits per heavy atom. The van der Waals surface area contributed by atoms with Gasteiger partial charge in [-0.1, -0.05) is 30.7 Å². The highest BCUT2D eigenvalue weighted by Gasteiger charge is 2.28. The van der Waals surface area contributed by atoms with Crippen LogP contribution >= 0.6 is 0 Å². The van der Waals surface area contributed by atoms with E-state index in [-0.39, 0.29) is 0 Å². The van der Waals surface area contributed by atoms with Gasteiger partial charge in [0.05, 0.1) is 5.69 Å². The number of allylic oxidation sites excluding steroid dienone is 4. The van der Waals surface area contributed by atoms with E-state index in [0.717, 1.165) is 53.7 Å². The van der Waals surface area contributed by atoms with Crippen LogP contribution in [0.1, 0.15) is 56.5 Å². The fourth-order valence-corrected chi connectivity index (χ4v) is 3.95. The molecule has 29 heavy (non-hydrogen) atoms. The molecule has 0 unspecified atom stereocenters. The van der Waals surface area contributed by atoms with Crippen LogP contribution in [0.2, 0.25) is 0 Å². The molecule has 1 saturated carbocycles. The van der Waals surface area contributed by atoms with Crippen molar-refractivity contribution in [1.29, 1.82) is 0 Å². The topological polar surface area (TPSA) is 64.3 Å². The van der Waals surface area contributed by atoms with E-state index in [4.69, 9.17) is 9.72 Å². The van der Waals surface area contributed by atoms with Crippen molar-refractivity contribution in [2.24, 2.45) is 0 Å². The van der Waals surface area contributed by atoms with E-state index >= 15 is 0 Å². The van der Waals surface area contributed by atoms with Crippen molar-refractivity contribution < 1.29 is 4.74 Å². The Kier molecular flexibility index (Phi) is 4.76. The molecule has 0 atom stereocenters. The second-order valence-corrected chi connectivity index (χ2v) is 7.59. The molecule has 0 aliphatic heterocycles. The number of hydrogen-bond donors (Lipinski definition) is 1. The molecular weight excluding hydrogens is 362 g/mol. The largest absolute Gasteiger partial charge is 0.462 e. The van der Waals surface area contributed by atoms with Gasteiger partial charge in [-0.15, -0.1) is 0 Å². The normalized spacial score (nSPS) is 16.9. The van der Waals surface area contributed by atoms with Crippen LogP contribution in [0.25, 0.3) is 11.1 Å². The van der Waals surface area contributed by atoms with E-state index < -0.39 is 0 Å². The van der Waals surface area contributed by atoms with Crippen LogP contribution in [0.15, 0.2) is 54.6 Å². The molecule has 2 aromatic heterocycles. The maximum absolute atomic E-state index is 6.01. The lowest BCUT2D eigenvalue weighted by Crippen LogP contribution is -2.14. The third-order valence-corrected chi connectivity index (χ3v) is 5.68. The van der Waals surface area contributed by atoms with Crippen LogP contribution < -0.4 is 10.1 Å². The zero-order valence-electron chi connectivity index (χ0n) is 16.6. The van der Waals surface area contributed by atoms with E-state index in [2.05, 4.69) is 34.5 Å². The van der Waals surface area contributed by atoms with Gasteiger partial charge in [0.25, 0.3) is 0 Å². The molecule has 2 aliphatic rings. The van der Waals surface area contributed by atoms with Crippen LogP contribution in [0.3, 0.4) is 0 Å². The molecule has 0 amide bonds. The molecule has 1 aromatic carbocycles. The van der Waals surface area contributed by atoms with Crippen molar-refractivity contribution in [3.8, 4) is 5.75 Å². The molecular formula is C23H25N5O. The van der Waals surface area contributed by atoms with Crippen molar-refractivity contribution in [2.75, 3.05) is 11.9 Å². The minimum absolute atomic E-state index is 0.498. The number of benzene rings is 1. The summed E-state index contributed by atoms with van der Waals surface area (Å²) < 4.78 is 8.02. The van der Waals surface area contributed by atoms with Gasteiger partial charge in [-0.25, -0.2) is 14.5 Å². The number of nitrogens with zero attached hydrogens (tertiary/aromatic N) is 4. The smallest absolute Gasteiger partial charge is 0.156 e. The lowest BCUT2D eigenvalue weighted by atomic mass is 9.85. The first-order valence-electron chi connectivity index (χ1n) is 10.4. The van der Waals surface area contributed by atoms with Crippen molar-refractivity contribution in [3.05, 3.63) is 66.1 Å². The summed E-state index contributed by atoms with van der Waals surface area (Å²) in [5.41, 5.74) is 3.20. The SMILES string of the molecule is CCNc1ncnn2c(C3CCC3)nc(C3=CC=C(Oc4ccccc4)CC3)c12. The van der Waals surface area contributed by atoms with Gasteiger partial charge in [-0.2, -0.15) is 5.10 Å². The van der Waals surface area contributed by atoms with Crippen molar-refractivity contribution >= 4 is 16.9 Å². The predicted octanol–water partition coefficient (Wildman–Crippen LogP) is 4.96. The summed E-state index contributed by atoms with van der Waals surface area (Å²) in [5.74, 6) is 4.27. The molecule has 6 nitrogen and oxygen atoms in total. The second-order valence-electron chi connectivity index (χ2n) is 7.59. The summed E-state index contributed by atoms with van der Waals surface area (Å²) in [6.45, 7) is 2.89. The van der Waals surface area contributed by atoms with Crippen LogP contribution in [-0.4, -0.2) is 26.1 Å². The molecule has 3 aromatic rings. The van der Waals surface area contributed by atoms with Gasteiger partial charge in [0.2, 0.25) is 0 Å². The summed E-state index contributed by atoms with van der Waals surface area (Å²) >= 11 is 0. The first-order chi connectivity index (χ1) is 14.3. The molecule has 2 heterocycles. The molecule has 0 bridgehead atoms. The van der Waals surface area contributed by atoms with E-state index in [9.17, 15) is 0 Å². The first kappa shape index (κ1) is 17.9. The number of anilines is 1. The fraction of sp³-hybridized carbons (Fsp3) is 0.348. The lowest BCUT2D eigenvalue weighted by molar-refractivity contribution is 0.396. The maximum atomic E-state index is 6.01. The molecule has 148 valence electrons. The van der Waals surface area contributed by atoms with E-state index in [1.165, 1.54) is 24.8 Å². The van der Waals surface area contributed by atoms with Crippen LogP contribution in [0.4, 0.5) is 5.82 Å². The van der Waals surface area contributed by atoms with Crippen LogP contribution in [0.5, 0.6) is 5.75 Å². The lowest BCUT2D eigenvalue weighted by Gasteiger charge is -2.23. The van der Waals surface area contributed by atoms with Gasteiger partial charge >= 0.3 is 0 Å². The number of para-hydroxylation sites is 1. The van der Waals surface area contributed by atoms with Gasteiger partial charge in [-0.3, -0.25) is 0 Å². The van der Waals surface area contributed by atoms with Crippen LogP contribution in [-0.2, 0) is 0 Å². The molecule has 6 heteroatoms. The van der Waals surface area contributed by atoms with Crippen molar-refractivity contribution in [3.63, 3.8) is 0 Å². The third-order valence-electron chi connectivity index (χ3n) is 5.68. The highest BCUT2D eigenvalue weighted by molar-refractivity contribution is 5.84. The quantitative estimate of drug-likeness (QED) is 0.647. The second kappa shape index (κ2) is 7.70. The molecule has 0 saturated heterocycles.